The third-order valence-corrected chi connectivity index (χ3v) is 5.48. The van der Waals surface area contributed by atoms with E-state index in [2.05, 4.69) is 35.5 Å². The average molecular weight is 407 g/mol. The third kappa shape index (κ3) is 4.70. The van der Waals surface area contributed by atoms with Crippen molar-refractivity contribution in [2.75, 3.05) is 11.9 Å². The molecule has 3 rings (SSSR count). The molecule has 0 aliphatic carbocycles. The lowest BCUT2D eigenvalue weighted by atomic mass is 9.97. The van der Waals surface area contributed by atoms with E-state index < -0.39 is 0 Å². The molecule has 0 bridgehead atoms. The zero-order valence-corrected chi connectivity index (χ0v) is 18.2. The van der Waals surface area contributed by atoms with Crippen LogP contribution in [0.2, 0.25) is 0 Å². The van der Waals surface area contributed by atoms with Crippen LogP contribution in [-0.4, -0.2) is 27.7 Å². The number of fused-ring (bicyclic) bond motifs is 1. The van der Waals surface area contributed by atoms with E-state index in [4.69, 9.17) is 0 Å². The second-order valence-corrected chi connectivity index (χ2v) is 7.73. The van der Waals surface area contributed by atoms with E-state index in [1.807, 2.05) is 54.8 Å². The van der Waals surface area contributed by atoms with Gasteiger partial charge in [0, 0.05) is 24.8 Å². The Morgan fingerprint density at radius 3 is 2.67 bits per heavy atom. The van der Waals surface area contributed by atoms with Crippen LogP contribution in [0.25, 0.3) is 5.65 Å². The summed E-state index contributed by atoms with van der Waals surface area (Å²) < 4.78 is 1.82. The molecule has 0 radical (unpaired) electrons. The van der Waals surface area contributed by atoms with Crippen molar-refractivity contribution in [2.45, 2.75) is 52.9 Å². The van der Waals surface area contributed by atoms with Crippen molar-refractivity contribution >= 4 is 23.1 Å². The Labute approximate surface area is 177 Å². The molecular formula is C24H30N4O2. The van der Waals surface area contributed by atoms with Crippen LogP contribution in [0, 0.1) is 13.8 Å². The Kier molecular flexibility index (Phi) is 6.87. The molecule has 30 heavy (non-hydrogen) atoms. The number of nitrogens with zero attached hydrogens (tertiary/aromatic N) is 2. The van der Waals surface area contributed by atoms with E-state index in [-0.39, 0.29) is 11.8 Å². The molecule has 3 aromatic rings. The second-order valence-electron chi connectivity index (χ2n) is 7.73. The highest BCUT2D eigenvalue weighted by Crippen LogP contribution is 2.26. The number of aryl methyl sites for hydroxylation is 2. The predicted octanol–water partition coefficient (Wildman–Crippen LogP) is 4.61. The van der Waals surface area contributed by atoms with Crippen LogP contribution in [-0.2, 0) is 4.79 Å². The molecule has 0 aliphatic rings. The fraction of sp³-hybridized carbons (Fsp3) is 0.375. The molecule has 6 nitrogen and oxygen atoms in total. The first-order chi connectivity index (χ1) is 14.4. The summed E-state index contributed by atoms with van der Waals surface area (Å²) in [5.74, 6) is 0.174. The topological polar surface area (TPSA) is 75.5 Å². The summed E-state index contributed by atoms with van der Waals surface area (Å²) in [5, 5.41) is 5.93. The third-order valence-electron chi connectivity index (χ3n) is 5.48. The van der Waals surface area contributed by atoms with E-state index in [0.717, 1.165) is 28.9 Å². The van der Waals surface area contributed by atoms with E-state index in [0.29, 0.717) is 36.7 Å². The first kappa shape index (κ1) is 21.6. The molecule has 1 unspecified atom stereocenters. The molecule has 0 saturated heterocycles. The van der Waals surface area contributed by atoms with E-state index in [1.54, 1.807) is 0 Å². The smallest absolute Gasteiger partial charge is 0.270 e. The van der Waals surface area contributed by atoms with Crippen LogP contribution in [0.15, 0.2) is 42.6 Å². The maximum Gasteiger partial charge on any atom is 0.270 e. The number of imidazole rings is 1. The lowest BCUT2D eigenvalue weighted by molar-refractivity contribution is -0.116. The van der Waals surface area contributed by atoms with Gasteiger partial charge in [-0.2, -0.15) is 0 Å². The second kappa shape index (κ2) is 9.57. The highest BCUT2D eigenvalue weighted by Gasteiger charge is 2.17. The summed E-state index contributed by atoms with van der Waals surface area (Å²) >= 11 is 0. The number of anilines is 1. The number of amides is 2. The van der Waals surface area contributed by atoms with Crippen molar-refractivity contribution < 1.29 is 9.59 Å². The summed E-state index contributed by atoms with van der Waals surface area (Å²) in [6.45, 7) is 8.53. The Morgan fingerprint density at radius 2 is 1.90 bits per heavy atom. The minimum absolute atomic E-state index is 0.0402. The first-order valence-electron chi connectivity index (χ1n) is 10.5. The first-order valence-corrected chi connectivity index (χ1v) is 10.5. The van der Waals surface area contributed by atoms with Crippen LogP contribution < -0.4 is 10.6 Å². The number of carbonyl (C=O) groups excluding carboxylic acids is 2. The molecule has 2 N–H and O–H groups in total. The Morgan fingerprint density at radius 1 is 1.13 bits per heavy atom. The quantitative estimate of drug-likeness (QED) is 0.536. The van der Waals surface area contributed by atoms with Gasteiger partial charge in [0.25, 0.3) is 5.91 Å². The van der Waals surface area contributed by atoms with Crippen LogP contribution >= 0.6 is 0 Å². The number of benzene rings is 1. The SMILES string of the molecule is CCC(C)c1ccccc1NC(=O)CCCNC(=O)c1c(C)nc2c(C)cccn12. The van der Waals surface area contributed by atoms with Gasteiger partial charge in [-0.3, -0.25) is 14.0 Å². The minimum atomic E-state index is -0.173. The largest absolute Gasteiger partial charge is 0.351 e. The van der Waals surface area contributed by atoms with E-state index in [9.17, 15) is 9.59 Å². The summed E-state index contributed by atoms with van der Waals surface area (Å²) in [4.78, 5) is 29.5. The molecule has 2 amide bonds. The molecule has 158 valence electrons. The van der Waals surface area contributed by atoms with E-state index in [1.165, 1.54) is 0 Å². The molecule has 0 aliphatic heterocycles. The predicted molar refractivity (Wildman–Crippen MR) is 120 cm³/mol. The highest BCUT2D eigenvalue weighted by atomic mass is 16.2. The standard InChI is InChI=1S/C24H30N4O2/c1-5-16(2)19-11-6-7-12-20(19)27-21(29)13-8-14-25-24(30)22-18(4)26-23-17(3)10-9-15-28(22)23/h6-7,9-12,15-16H,5,8,13-14H2,1-4H3,(H,25,30)(H,27,29). The zero-order valence-electron chi connectivity index (χ0n) is 18.2. The van der Waals surface area contributed by atoms with Crippen molar-refractivity contribution in [1.82, 2.24) is 14.7 Å². The molecule has 6 heteroatoms. The van der Waals surface area contributed by atoms with Gasteiger partial charge in [0.1, 0.15) is 11.3 Å². The van der Waals surface area contributed by atoms with Gasteiger partial charge in [0.15, 0.2) is 0 Å². The van der Waals surface area contributed by atoms with Gasteiger partial charge >= 0.3 is 0 Å². The number of hydrogen-bond acceptors (Lipinski definition) is 3. The molecule has 0 fully saturated rings. The number of nitrogens with one attached hydrogen (secondary N) is 2. The lowest BCUT2D eigenvalue weighted by Gasteiger charge is -2.15. The van der Waals surface area contributed by atoms with Crippen LogP contribution in [0.1, 0.15) is 66.3 Å². The monoisotopic (exact) mass is 406 g/mol. The molecule has 1 atom stereocenters. The van der Waals surface area contributed by atoms with Gasteiger partial charge < -0.3 is 10.6 Å². The molecular weight excluding hydrogens is 376 g/mol. The Balaban J connectivity index is 1.53. The Bertz CT molecular complexity index is 1050. The lowest BCUT2D eigenvalue weighted by Crippen LogP contribution is -2.27. The number of hydrogen-bond donors (Lipinski definition) is 2. The van der Waals surface area contributed by atoms with Crippen molar-refractivity contribution in [3.05, 3.63) is 65.1 Å². The summed E-state index contributed by atoms with van der Waals surface area (Å²) in [6, 6.07) is 11.8. The van der Waals surface area contributed by atoms with Crippen molar-refractivity contribution in [3.63, 3.8) is 0 Å². The molecule has 2 heterocycles. The molecule has 2 aromatic heterocycles. The van der Waals surface area contributed by atoms with Gasteiger partial charge in [0.05, 0.1) is 5.69 Å². The number of carbonyl (C=O) groups is 2. The maximum atomic E-state index is 12.7. The van der Waals surface area contributed by atoms with Gasteiger partial charge in [-0.05, 0) is 55.9 Å². The summed E-state index contributed by atoms with van der Waals surface area (Å²) in [7, 11) is 0. The normalized spacial score (nSPS) is 12.0. The minimum Gasteiger partial charge on any atom is -0.351 e. The summed E-state index contributed by atoms with van der Waals surface area (Å²) in [5.41, 5.74) is 5.08. The number of rotatable bonds is 8. The Hall–Kier alpha value is -3.15. The number of para-hydroxylation sites is 1. The maximum absolute atomic E-state index is 12.7. The zero-order chi connectivity index (χ0) is 21.7. The summed E-state index contributed by atoms with van der Waals surface area (Å²) in [6.07, 6.45) is 3.78. The molecule has 1 aromatic carbocycles. The van der Waals surface area contributed by atoms with Crippen LogP contribution in [0.4, 0.5) is 5.69 Å². The van der Waals surface area contributed by atoms with Crippen LogP contribution in [0.3, 0.4) is 0 Å². The highest BCUT2D eigenvalue weighted by molar-refractivity contribution is 5.95. The fourth-order valence-corrected chi connectivity index (χ4v) is 3.60. The average Bonchev–Trinajstić information content (AvgIpc) is 3.08. The van der Waals surface area contributed by atoms with Gasteiger partial charge in [-0.15, -0.1) is 0 Å². The van der Waals surface area contributed by atoms with E-state index >= 15 is 0 Å². The fourth-order valence-electron chi connectivity index (χ4n) is 3.60. The number of aromatic nitrogens is 2. The van der Waals surface area contributed by atoms with Crippen LogP contribution in [0.5, 0.6) is 0 Å². The van der Waals surface area contributed by atoms with Gasteiger partial charge in [-0.1, -0.05) is 38.1 Å². The van der Waals surface area contributed by atoms with Crippen molar-refractivity contribution in [2.24, 2.45) is 0 Å². The molecule has 0 spiro atoms. The number of pyridine rings is 1. The van der Waals surface area contributed by atoms with Gasteiger partial charge in [-0.25, -0.2) is 4.98 Å². The van der Waals surface area contributed by atoms with Crippen molar-refractivity contribution in [3.8, 4) is 0 Å². The van der Waals surface area contributed by atoms with Crippen molar-refractivity contribution in [1.29, 1.82) is 0 Å². The molecule has 0 saturated carbocycles. The van der Waals surface area contributed by atoms with Gasteiger partial charge in [0.2, 0.25) is 5.91 Å².